The molecule has 1 aromatic heterocycles. The number of nitro groups is 1. The van der Waals surface area contributed by atoms with E-state index in [0.717, 1.165) is 6.42 Å². The number of hydrogen-bond donors (Lipinski definition) is 0. The van der Waals surface area contributed by atoms with Gasteiger partial charge in [0.2, 0.25) is 0 Å². The molecule has 66 valence electrons. The van der Waals surface area contributed by atoms with E-state index in [4.69, 9.17) is 11.6 Å². The summed E-state index contributed by atoms with van der Waals surface area (Å²) in [7, 11) is 0. The van der Waals surface area contributed by atoms with Crippen LogP contribution in [0.3, 0.4) is 0 Å². The Morgan fingerprint density at radius 3 is 2.92 bits per heavy atom. The molecule has 0 aromatic carbocycles. The van der Waals surface area contributed by atoms with Gasteiger partial charge in [0.1, 0.15) is 0 Å². The van der Waals surface area contributed by atoms with E-state index >= 15 is 0 Å². The molecule has 0 bridgehead atoms. The van der Waals surface area contributed by atoms with Crippen LogP contribution in [0, 0.1) is 10.1 Å². The van der Waals surface area contributed by atoms with E-state index in [1.807, 2.05) is 6.92 Å². The van der Waals surface area contributed by atoms with Gasteiger partial charge >= 0.3 is 5.82 Å². The van der Waals surface area contributed by atoms with E-state index in [2.05, 4.69) is 5.10 Å². The average molecular weight is 190 g/mol. The van der Waals surface area contributed by atoms with Gasteiger partial charge in [-0.1, -0.05) is 18.5 Å². The second-order valence-corrected chi connectivity index (χ2v) is 2.73. The molecular formula is C6H8ClN3O2. The number of rotatable bonds is 3. The lowest BCUT2D eigenvalue weighted by atomic mass is 10.5. The van der Waals surface area contributed by atoms with Crippen LogP contribution >= 0.6 is 11.6 Å². The van der Waals surface area contributed by atoms with Crippen LogP contribution < -0.4 is 0 Å². The number of aryl methyl sites for hydroxylation is 1. The van der Waals surface area contributed by atoms with Gasteiger partial charge in [0.25, 0.3) is 0 Å². The first-order chi connectivity index (χ1) is 5.65. The van der Waals surface area contributed by atoms with Crippen molar-refractivity contribution in [3.05, 3.63) is 21.3 Å². The highest BCUT2D eigenvalue weighted by Crippen LogP contribution is 2.21. The van der Waals surface area contributed by atoms with Crippen molar-refractivity contribution in [3.8, 4) is 0 Å². The van der Waals surface area contributed by atoms with Crippen LogP contribution in [0.2, 0.25) is 5.02 Å². The summed E-state index contributed by atoms with van der Waals surface area (Å²) in [4.78, 5) is 9.70. The molecule has 0 atom stereocenters. The highest BCUT2D eigenvalue weighted by molar-refractivity contribution is 6.32. The van der Waals surface area contributed by atoms with Crippen LogP contribution in [0.4, 0.5) is 5.82 Å². The molecular weight excluding hydrogens is 182 g/mol. The first-order valence-corrected chi connectivity index (χ1v) is 3.90. The van der Waals surface area contributed by atoms with Gasteiger partial charge in [0.05, 0.1) is 17.8 Å². The zero-order valence-electron chi connectivity index (χ0n) is 6.53. The molecule has 0 aliphatic rings. The van der Waals surface area contributed by atoms with Crippen molar-refractivity contribution in [3.63, 3.8) is 0 Å². The Labute approximate surface area is 74.1 Å². The Morgan fingerprint density at radius 2 is 2.50 bits per heavy atom. The minimum atomic E-state index is -0.589. The van der Waals surface area contributed by atoms with Gasteiger partial charge in [-0.25, -0.2) is 0 Å². The summed E-state index contributed by atoms with van der Waals surface area (Å²) >= 11 is 5.55. The van der Waals surface area contributed by atoms with Crippen molar-refractivity contribution in [1.29, 1.82) is 0 Å². The van der Waals surface area contributed by atoms with Crippen LogP contribution in [0.15, 0.2) is 6.20 Å². The molecule has 1 aromatic rings. The van der Waals surface area contributed by atoms with Crippen molar-refractivity contribution < 1.29 is 4.92 Å². The Balaban J connectivity index is 2.92. The Hall–Kier alpha value is -1.10. The average Bonchev–Trinajstić information content (AvgIpc) is 2.32. The second kappa shape index (κ2) is 3.53. The lowest BCUT2D eigenvalue weighted by Crippen LogP contribution is -1.98. The number of nitrogens with zero attached hydrogens (tertiary/aromatic N) is 3. The molecule has 0 radical (unpaired) electrons. The highest BCUT2D eigenvalue weighted by Gasteiger charge is 2.17. The fourth-order valence-corrected chi connectivity index (χ4v) is 1.07. The largest absolute Gasteiger partial charge is 0.408 e. The van der Waals surface area contributed by atoms with Crippen molar-refractivity contribution in [2.45, 2.75) is 19.9 Å². The van der Waals surface area contributed by atoms with E-state index in [9.17, 15) is 10.1 Å². The van der Waals surface area contributed by atoms with Gasteiger partial charge in [0.15, 0.2) is 5.02 Å². The molecule has 0 saturated carbocycles. The van der Waals surface area contributed by atoms with Crippen molar-refractivity contribution in [2.75, 3.05) is 0 Å². The molecule has 0 saturated heterocycles. The van der Waals surface area contributed by atoms with Gasteiger partial charge < -0.3 is 10.1 Å². The van der Waals surface area contributed by atoms with Crippen molar-refractivity contribution in [2.24, 2.45) is 0 Å². The van der Waals surface area contributed by atoms with Crippen LogP contribution in [-0.4, -0.2) is 14.7 Å². The maximum absolute atomic E-state index is 10.3. The molecule has 1 rings (SSSR count). The third kappa shape index (κ3) is 1.73. The normalized spacial score (nSPS) is 10.2. The first kappa shape index (κ1) is 8.99. The van der Waals surface area contributed by atoms with E-state index in [0.29, 0.717) is 6.54 Å². The van der Waals surface area contributed by atoms with Crippen molar-refractivity contribution in [1.82, 2.24) is 9.78 Å². The number of halogens is 1. The summed E-state index contributed by atoms with van der Waals surface area (Å²) in [5.74, 6) is -0.273. The third-order valence-corrected chi connectivity index (χ3v) is 1.59. The molecule has 0 amide bonds. The molecule has 0 fully saturated rings. The molecule has 0 aliphatic carbocycles. The topological polar surface area (TPSA) is 61.0 Å². The maximum atomic E-state index is 10.3. The Kier molecular flexibility index (Phi) is 2.65. The zero-order chi connectivity index (χ0) is 9.14. The zero-order valence-corrected chi connectivity index (χ0v) is 7.28. The van der Waals surface area contributed by atoms with Gasteiger partial charge in [-0.15, -0.1) is 0 Å². The summed E-state index contributed by atoms with van der Waals surface area (Å²) < 4.78 is 1.47. The van der Waals surface area contributed by atoms with E-state index in [1.54, 1.807) is 0 Å². The van der Waals surface area contributed by atoms with E-state index < -0.39 is 4.92 Å². The van der Waals surface area contributed by atoms with Gasteiger partial charge in [-0.05, 0) is 11.3 Å². The molecule has 1 heterocycles. The van der Waals surface area contributed by atoms with Crippen LogP contribution in [0.5, 0.6) is 0 Å². The third-order valence-electron chi connectivity index (χ3n) is 1.32. The number of hydrogen-bond acceptors (Lipinski definition) is 3. The minimum Gasteiger partial charge on any atom is -0.358 e. The minimum absolute atomic E-state index is 0.0912. The van der Waals surface area contributed by atoms with E-state index in [-0.39, 0.29) is 10.8 Å². The van der Waals surface area contributed by atoms with Crippen molar-refractivity contribution >= 4 is 17.4 Å². The lowest BCUT2D eigenvalue weighted by Gasteiger charge is -1.88. The molecule has 12 heavy (non-hydrogen) atoms. The van der Waals surface area contributed by atoms with Crippen LogP contribution in [0.25, 0.3) is 0 Å². The van der Waals surface area contributed by atoms with E-state index in [1.165, 1.54) is 10.9 Å². The SMILES string of the molecule is CCCn1cc(Cl)c([N+](=O)[O-])n1. The maximum Gasteiger partial charge on any atom is 0.408 e. The monoisotopic (exact) mass is 189 g/mol. The van der Waals surface area contributed by atoms with Gasteiger partial charge in [-0.3, -0.25) is 0 Å². The molecule has 0 aliphatic heterocycles. The molecule has 5 nitrogen and oxygen atoms in total. The summed E-state index contributed by atoms with van der Waals surface area (Å²) in [5, 5.41) is 14.1. The summed E-state index contributed by atoms with van der Waals surface area (Å²) in [5.41, 5.74) is 0. The molecule has 0 unspecified atom stereocenters. The standard InChI is InChI=1S/C6H8ClN3O2/c1-2-3-9-4-5(7)6(8-9)10(11)12/h4H,2-3H2,1H3. The smallest absolute Gasteiger partial charge is 0.358 e. The van der Waals surface area contributed by atoms with Gasteiger partial charge in [0, 0.05) is 0 Å². The predicted octanol–water partition coefficient (Wildman–Crippen LogP) is 1.85. The fraction of sp³-hybridized carbons (Fsp3) is 0.500. The summed E-state index contributed by atoms with van der Waals surface area (Å²) in [6.45, 7) is 2.61. The fourth-order valence-electron chi connectivity index (χ4n) is 0.854. The lowest BCUT2D eigenvalue weighted by molar-refractivity contribution is -0.389. The molecule has 0 spiro atoms. The van der Waals surface area contributed by atoms with Crippen LogP contribution in [0.1, 0.15) is 13.3 Å². The Morgan fingerprint density at radius 1 is 1.83 bits per heavy atom. The van der Waals surface area contributed by atoms with Crippen LogP contribution in [-0.2, 0) is 6.54 Å². The Bertz CT molecular complexity index is 297. The first-order valence-electron chi connectivity index (χ1n) is 3.52. The summed E-state index contributed by atoms with van der Waals surface area (Å²) in [6.07, 6.45) is 2.33. The second-order valence-electron chi connectivity index (χ2n) is 2.32. The number of aromatic nitrogens is 2. The van der Waals surface area contributed by atoms with Gasteiger partial charge in [-0.2, -0.15) is 4.68 Å². The molecule has 6 heteroatoms. The quantitative estimate of drug-likeness (QED) is 0.539. The predicted molar refractivity (Wildman–Crippen MR) is 44.2 cm³/mol. The molecule has 0 N–H and O–H groups in total. The highest BCUT2D eigenvalue weighted by atomic mass is 35.5. The summed E-state index contributed by atoms with van der Waals surface area (Å²) in [6, 6.07) is 0.